The van der Waals surface area contributed by atoms with E-state index in [4.69, 9.17) is 0 Å². The zero-order valence-electron chi connectivity index (χ0n) is 1.99. The Morgan fingerprint density at radius 1 is 1.50 bits per heavy atom. The Bertz CT molecular complexity index is 8.00. The zero-order chi connectivity index (χ0) is 4.00. The Labute approximate surface area is 61.0 Å². The van der Waals surface area contributed by atoms with Crippen LogP contribution in [0.25, 0.3) is 0 Å². The van der Waals surface area contributed by atoms with E-state index < -0.39 is 0 Å². The van der Waals surface area contributed by atoms with Crippen LogP contribution in [0.1, 0.15) is 0 Å². The average Bonchev–Trinajstić information content (AvgIpc) is 1.50. The fourth-order valence-corrected chi connectivity index (χ4v) is 0. The predicted octanol–water partition coefficient (Wildman–Crippen LogP) is -0.00530. The van der Waals surface area contributed by atoms with Crippen LogP contribution in [0.5, 0.6) is 0 Å². The minimum atomic E-state index is 0.729. The van der Waals surface area contributed by atoms with E-state index in [1.54, 1.807) is 0 Å². The topological polar surface area (TPSA) is 0 Å². The van der Waals surface area contributed by atoms with Crippen LogP contribution >= 0.6 is 10.1 Å². The summed E-state index contributed by atoms with van der Waals surface area (Å²) < 4.78 is 0. The molecule has 24 valence electrons. The molecule has 0 spiro atoms. The van der Waals surface area contributed by atoms with Crippen LogP contribution in [0.2, 0.25) is 0 Å². The van der Waals surface area contributed by atoms with Crippen molar-refractivity contribution in [3.8, 4) is 0 Å². The van der Waals surface area contributed by atoms with Crippen molar-refractivity contribution < 1.29 is 28.6 Å². The summed E-state index contributed by atoms with van der Waals surface area (Å²) in [4.78, 5) is 0. The molecule has 0 saturated carbocycles. The van der Waals surface area contributed by atoms with Gasteiger partial charge in [0, 0.05) is 0 Å². The maximum atomic E-state index is 4.35. The number of hydrogen-bond acceptors (Lipinski definition) is 1. The van der Waals surface area contributed by atoms with Gasteiger partial charge in [-0.25, -0.2) is 0 Å². The molecule has 0 unspecified atom stereocenters. The first kappa shape index (κ1) is 9.56. The van der Waals surface area contributed by atoms with Crippen molar-refractivity contribution in [2.45, 2.75) is 0 Å². The van der Waals surface area contributed by atoms with Crippen LogP contribution in [-0.2, 0) is 28.6 Å². The second kappa shape index (κ2) is 18.6. The molecule has 0 aromatic rings. The Morgan fingerprint density at radius 3 is 1.50 bits per heavy atom. The van der Waals surface area contributed by atoms with Gasteiger partial charge in [-0.05, 0) is 0 Å². The fourth-order valence-electron chi connectivity index (χ4n) is 0. The van der Waals surface area contributed by atoms with E-state index in [1.807, 2.05) is 0 Å². The molecule has 0 aliphatic carbocycles. The molecule has 0 aromatic carbocycles. The first-order valence-electron chi connectivity index (χ1n) is 0.463. The fraction of sp³-hybridized carbons (Fsp3) is 0. The first-order chi connectivity index (χ1) is 2.00. The van der Waals surface area contributed by atoms with Crippen molar-refractivity contribution >= 4 is 33.4 Å². The summed E-state index contributed by atoms with van der Waals surface area (Å²) in [7, 11) is 4.21. The third kappa shape index (κ3) is 8.86. The van der Waals surface area contributed by atoms with Crippen LogP contribution in [0, 0.1) is 0 Å². The molecule has 0 aliphatic heterocycles. The number of rotatable bonds is 0. The van der Waals surface area contributed by atoms with Gasteiger partial charge in [0.1, 0.15) is 0 Å². The Kier molecular flexibility index (Phi) is 44.4. The quantitative estimate of drug-likeness (QED) is 0.542. The number of hydrogen-bond donors (Lipinski definition) is 0. The van der Waals surface area contributed by atoms with Crippen molar-refractivity contribution in [1.29, 1.82) is 0 Å². The standard InChI is InChI=1S/Cu.Pb.S.Zn.H. The van der Waals surface area contributed by atoms with E-state index in [2.05, 4.69) is 22.2 Å². The van der Waals surface area contributed by atoms with E-state index in [0.29, 0.717) is 0 Å². The predicted molar refractivity (Wildman–Crippen MR) is 14.7 cm³/mol. The zero-order valence-corrected chi connectivity index (χ0v) is 11.2. The summed E-state index contributed by atoms with van der Waals surface area (Å²) >= 11 is 6.04. The average molecular weight is 369 g/mol. The van der Waals surface area contributed by atoms with Gasteiger partial charge in [-0.15, -0.1) is 0 Å². The van der Waals surface area contributed by atoms with Crippen molar-refractivity contribution in [2.75, 3.05) is 0 Å². The van der Waals surface area contributed by atoms with Crippen molar-refractivity contribution in [1.82, 2.24) is 0 Å². The van der Waals surface area contributed by atoms with E-state index >= 15 is 0 Å². The summed E-state index contributed by atoms with van der Waals surface area (Å²) in [6.07, 6.45) is 0. The van der Waals surface area contributed by atoms with E-state index in [1.165, 1.54) is 0 Å². The van der Waals surface area contributed by atoms with Gasteiger partial charge >= 0.3 is 62.1 Å². The molecule has 0 heterocycles. The molecule has 4 heteroatoms. The van der Waals surface area contributed by atoms with Gasteiger partial charge in [0.25, 0.3) is 0 Å². The molecule has 4 heavy (non-hydrogen) atoms. The van der Waals surface area contributed by atoms with Crippen molar-refractivity contribution in [2.24, 2.45) is 0 Å². The van der Waals surface area contributed by atoms with Crippen LogP contribution < -0.4 is 0 Å². The first-order valence-corrected chi connectivity index (χ1v) is 10.8. The monoisotopic (exact) mass is 368 g/mol. The van der Waals surface area contributed by atoms with Gasteiger partial charge in [-0.3, -0.25) is 0 Å². The van der Waals surface area contributed by atoms with Gasteiger partial charge in [-0.1, -0.05) is 0 Å². The van der Waals surface area contributed by atoms with Gasteiger partial charge in [0.2, 0.25) is 0 Å². The van der Waals surface area contributed by atoms with Gasteiger partial charge in [-0.2, -0.15) is 0 Å². The molecule has 0 nitrogen and oxygen atoms in total. The molecule has 0 amide bonds. The van der Waals surface area contributed by atoms with E-state index in [0.717, 1.165) is 39.9 Å². The van der Waals surface area contributed by atoms with E-state index in [-0.39, 0.29) is 0 Å². The Balaban J connectivity index is 0. The van der Waals surface area contributed by atoms with Crippen molar-refractivity contribution in [3.05, 3.63) is 0 Å². The second-order valence-corrected chi connectivity index (χ2v) is 0. The van der Waals surface area contributed by atoms with Gasteiger partial charge in [0.05, 0.1) is 0 Å². The third-order valence-electron chi connectivity index (χ3n) is 0. The minimum absolute atomic E-state index is 0.729. The molecule has 0 saturated heterocycles. The van der Waals surface area contributed by atoms with Gasteiger partial charge < -0.3 is 0 Å². The molecule has 0 rings (SSSR count). The molecule has 0 aliphatic rings. The molecule has 0 atom stereocenters. The normalized spacial score (nSPS) is 3.25. The summed E-state index contributed by atoms with van der Waals surface area (Å²) in [6.45, 7) is 0. The summed E-state index contributed by atoms with van der Waals surface area (Å²) in [6, 6.07) is 0. The molecular formula is HCuPbSZn. The Morgan fingerprint density at radius 2 is 1.50 bits per heavy atom. The second-order valence-electron chi connectivity index (χ2n) is 0. The Hall–Kier alpha value is 2.28. The molecule has 0 fully saturated rings. The molecule has 0 aromatic heterocycles. The molecule has 0 N–H and O–H groups in total. The van der Waals surface area contributed by atoms with Crippen molar-refractivity contribution in [3.63, 3.8) is 0 Å². The molecular weight excluding hydrogens is 368 g/mol. The third-order valence-corrected chi connectivity index (χ3v) is 0. The molecule has 2 radical (unpaired) electrons. The maximum absolute atomic E-state index is 4.35. The van der Waals surface area contributed by atoms with Gasteiger partial charge in [0.15, 0.2) is 0 Å². The summed E-state index contributed by atoms with van der Waals surface area (Å²) in [5, 5.41) is 0. The summed E-state index contributed by atoms with van der Waals surface area (Å²) in [5.41, 5.74) is 0. The molecule has 0 bridgehead atoms. The van der Waals surface area contributed by atoms with E-state index in [9.17, 15) is 0 Å². The van der Waals surface area contributed by atoms with Crippen LogP contribution in [0.15, 0.2) is 0 Å². The van der Waals surface area contributed by atoms with Crippen LogP contribution in [0.3, 0.4) is 0 Å². The van der Waals surface area contributed by atoms with Crippen LogP contribution in [0.4, 0.5) is 0 Å². The summed E-state index contributed by atoms with van der Waals surface area (Å²) in [5.74, 6) is 0. The van der Waals surface area contributed by atoms with Crippen LogP contribution in [-0.4, -0.2) is 23.3 Å². The SMILES string of the molecule is [Cu][PbH].[S]=[Zn].